The van der Waals surface area contributed by atoms with Crippen LogP contribution < -0.4 is 0 Å². The third-order valence-electron chi connectivity index (χ3n) is 2.86. The van der Waals surface area contributed by atoms with Crippen LogP contribution in [0.1, 0.15) is 12.0 Å². The van der Waals surface area contributed by atoms with Gasteiger partial charge in [0.05, 0.1) is 5.88 Å². The molecule has 0 saturated carbocycles. The Morgan fingerprint density at radius 2 is 2.17 bits per heavy atom. The van der Waals surface area contributed by atoms with Crippen molar-refractivity contribution in [1.29, 1.82) is 0 Å². The van der Waals surface area contributed by atoms with Crippen LogP contribution in [0.3, 0.4) is 0 Å². The number of aliphatic carboxylic acids is 1. The number of rotatable bonds is 4. The number of aryl methyl sites for hydroxylation is 1. The van der Waals surface area contributed by atoms with Gasteiger partial charge < -0.3 is 10.0 Å². The van der Waals surface area contributed by atoms with Crippen molar-refractivity contribution in [2.24, 2.45) is 0 Å². The van der Waals surface area contributed by atoms with Gasteiger partial charge in [-0.1, -0.05) is 0 Å². The van der Waals surface area contributed by atoms with Crippen LogP contribution in [0.4, 0.5) is 0 Å². The number of aromatic nitrogens is 1. The fraction of sp³-hybridized carbons (Fsp3) is 0.417. The summed E-state index contributed by atoms with van der Waals surface area (Å²) in [5.41, 5.74) is 1.04. The number of thioether (sulfide) groups is 1. The lowest BCUT2D eigenvalue weighted by Gasteiger charge is -2.20. The Hall–Kier alpha value is -1.56. The maximum atomic E-state index is 12.0. The molecule has 96 valence electrons. The van der Waals surface area contributed by atoms with Crippen molar-refractivity contribution in [3.63, 3.8) is 0 Å². The first-order valence-electron chi connectivity index (χ1n) is 5.67. The smallest absolute Gasteiger partial charge is 0.327 e. The van der Waals surface area contributed by atoms with E-state index in [2.05, 4.69) is 4.98 Å². The maximum absolute atomic E-state index is 12.0. The molecule has 0 bridgehead atoms. The van der Waals surface area contributed by atoms with Crippen molar-refractivity contribution in [3.05, 3.63) is 30.1 Å². The third kappa shape index (κ3) is 3.01. The summed E-state index contributed by atoms with van der Waals surface area (Å²) in [6, 6.07) is 3.06. The number of pyridine rings is 1. The molecule has 1 aromatic rings. The molecule has 1 aliphatic heterocycles. The van der Waals surface area contributed by atoms with Crippen molar-refractivity contribution in [2.45, 2.75) is 18.9 Å². The van der Waals surface area contributed by atoms with Gasteiger partial charge in [-0.25, -0.2) is 4.79 Å². The average molecular weight is 266 g/mol. The van der Waals surface area contributed by atoms with Gasteiger partial charge in [-0.15, -0.1) is 11.8 Å². The topological polar surface area (TPSA) is 70.5 Å². The molecule has 5 nitrogen and oxygen atoms in total. The number of carboxylic acids is 1. The molecule has 1 amide bonds. The summed E-state index contributed by atoms with van der Waals surface area (Å²) in [6.45, 7) is 0. The molecule has 0 aliphatic carbocycles. The second-order valence-corrected chi connectivity index (χ2v) is 5.07. The predicted molar refractivity (Wildman–Crippen MR) is 68.2 cm³/mol. The second kappa shape index (κ2) is 5.86. The van der Waals surface area contributed by atoms with Gasteiger partial charge in [0.1, 0.15) is 6.04 Å². The lowest BCUT2D eigenvalue weighted by molar-refractivity contribution is -0.147. The van der Waals surface area contributed by atoms with Gasteiger partial charge in [0.25, 0.3) is 0 Å². The van der Waals surface area contributed by atoms with Gasteiger partial charge in [0.2, 0.25) is 5.91 Å². The van der Waals surface area contributed by atoms with Gasteiger partial charge in [0, 0.05) is 24.6 Å². The number of amides is 1. The molecule has 6 heteroatoms. The summed E-state index contributed by atoms with van der Waals surface area (Å²) < 4.78 is 0. The van der Waals surface area contributed by atoms with Gasteiger partial charge in [0.15, 0.2) is 0 Å². The van der Waals surface area contributed by atoms with Crippen LogP contribution in [0.15, 0.2) is 24.5 Å². The zero-order valence-corrected chi connectivity index (χ0v) is 10.6. The number of hydrogen-bond donors (Lipinski definition) is 1. The Morgan fingerprint density at radius 3 is 2.83 bits per heavy atom. The maximum Gasteiger partial charge on any atom is 0.327 e. The zero-order chi connectivity index (χ0) is 13.0. The first-order valence-corrected chi connectivity index (χ1v) is 6.83. The molecule has 0 aromatic carbocycles. The Labute approximate surface area is 109 Å². The van der Waals surface area contributed by atoms with E-state index >= 15 is 0 Å². The van der Waals surface area contributed by atoms with Crippen LogP contribution in [0.2, 0.25) is 0 Å². The molecule has 1 atom stereocenters. The molecule has 1 fully saturated rings. The molecule has 1 N–H and O–H groups in total. The fourth-order valence-electron chi connectivity index (χ4n) is 1.84. The van der Waals surface area contributed by atoms with E-state index in [0.29, 0.717) is 24.5 Å². The summed E-state index contributed by atoms with van der Waals surface area (Å²) in [4.78, 5) is 28.3. The van der Waals surface area contributed by atoms with Gasteiger partial charge in [-0.05, 0) is 24.1 Å². The fourth-order valence-corrected chi connectivity index (χ4v) is 3.01. The number of hydrogen-bond acceptors (Lipinski definition) is 4. The first kappa shape index (κ1) is 12.9. The monoisotopic (exact) mass is 266 g/mol. The van der Waals surface area contributed by atoms with E-state index in [-0.39, 0.29) is 5.91 Å². The van der Waals surface area contributed by atoms with E-state index in [9.17, 15) is 9.59 Å². The van der Waals surface area contributed by atoms with Gasteiger partial charge >= 0.3 is 5.97 Å². The summed E-state index contributed by atoms with van der Waals surface area (Å²) >= 11 is 1.48. The van der Waals surface area contributed by atoms with Crippen LogP contribution in [-0.2, 0) is 16.0 Å². The van der Waals surface area contributed by atoms with Crippen molar-refractivity contribution in [1.82, 2.24) is 9.88 Å². The highest BCUT2D eigenvalue weighted by Crippen LogP contribution is 2.22. The summed E-state index contributed by atoms with van der Waals surface area (Å²) in [7, 11) is 0. The van der Waals surface area contributed by atoms with Crippen LogP contribution in [0, 0.1) is 0 Å². The van der Waals surface area contributed by atoms with Crippen molar-refractivity contribution >= 4 is 23.6 Å². The highest BCUT2D eigenvalue weighted by atomic mass is 32.2. The molecule has 1 aliphatic rings. The lowest BCUT2D eigenvalue weighted by atomic mass is 10.1. The normalized spacial score (nSPS) is 18.9. The number of carboxylic acid groups (broad SMARTS) is 1. The van der Waals surface area contributed by atoms with E-state index in [0.717, 1.165) is 5.56 Å². The zero-order valence-electron chi connectivity index (χ0n) is 9.78. The van der Waals surface area contributed by atoms with Crippen molar-refractivity contribution in [2.75, 3.05) is 11.6 Å². The molecular formula is C12H14N2O3S. The van der Waals surface area contributed by atoms with Gasteiger partial charge in [-0.2, -0.15) is 0 Å². The highest BCUT2D eigenvalue weighted by Gasteiger charge is 2.33. The second-order valence-electron chi connectivity index (χ2n) is 4.07. The van der Waals surface area contributed by atoms with Crippen LogP contribution in [0.5, 0.6) is 0 Å². The minimum Gasteiger partial charge on any atom is -0.480 e. The molecule has 2 rings (SSSR count). The van der Waals surface area contributed by atoms with E-state index < -0.39 is 12.0 Å². The Balaban J connectivity index is 1.90. The predicted octanol–water partition coefficient (Wildman–Crippen LogP) is 1.00. The van der Waals surface area contributed by atoms with Crippen molar-refractivity contribution in [3.8, 4) is 0 Å². The van der Waals surface area contributed by atoms with E-state index in [1.165, 1.54) is 16.7 Å². The molecular weight excluding hydrogens is 252 g/mol. The van der Waals surface area contributed by atoms with E-state index in [1.807, 2.05) is 12.1 Å². The molecule has 0 unspecified atom stereocenters. The SMILES string of the molecule is O=C(O)[C@@H]1CSCN1C(=O)CCc1ccncc1. The Bertz CT molecular complexity index is 438. The molecule has 2 heterocycles. The number of nitrogens with zero attached hydrogens (tertiary/aromatic N) is 2. The van der Waals surface area contributed by atoms with Crippen LogP contribution in [-0.4, -0.2) is 44.5 Å². The Morgan fingerprint density at radius 1 is 1.44 bits per heavy atom. The Kier molecular flexibility index (Phi) is 4.19. The molecule has 0 spiro atoms. The van der Waals surface area contributed by atoms with E-state index in [1.54, 1.807) is 12.4 Å². The molecule has 18 heavy (non-hydrogen) atoms. The van der Waals surface area contributed by atoms with Gasteiger partial charge in [-0.3, -0.25) is 9.78 Å². The number of carbonyl (C=O) groups is 2. The van der Waals surface area contributed by atoms with Crippen molar-refractivity contribution < 1.29 is 14.7 Å². The van der Waals surface area contributed by atoms with Crippen LogP contribution >= 0.6 is 11.8 Å². The third-order valence-corrected chi connectivity index (χ3v) is 3.88. The minimum atomic E-state index is -0.919. The van der Waals surface area contributed by atoms with Crippen LogP contribution in [0.25, 0.3) is 0 Å². The highest BCUT2D eigenvalue weighted by molar-refractivity contribution is 7.99. The largest absolute Gasteiger partial charge is 0.480 e. The number of carbonyl (C=O) groups excluding carboxylic acids is 1. The summed E-state index contributed by atoms with van der Waals surface area (Å²) in [6.07, 6.45) is 4.33. The quantitative estimate of drug-likeness (QED) is 0.880. The summed E-state index contributed by atoms with van der Waals surface area (Å²) in [5, 5.41) is 9.00. The molecule has 1 saturated heterocycles. The molecule has 0 radical (unpaired) electrons. The van der Waals surface area contributed by atoms with E-state index in [4.69, 9.17) is 5.11 Å². The lowest BCUT2D eigenvalue weighted by Crippen LogP contribution is -2.41. The average Bonchev–Trinajstić information content (AvgIpc) is 2.86. The first-order chi connectivity index (χ1) is 8.68. The minimum absolute atomic E-state index is 0.0933. The summed E-state index contributed by atoms with van der Waals surface area (Å²) in [5.74, 6) is -0.0517. The molecule has 1 aromatic heterocycles. The standard InChI is InChI=1S/C12H14N2O3S/c15-11(2-1-9-3-5-13-6-4-9)14-8-18-7-10(14)12(16)17/h3-6,10H,1-2,7-8H2,(H,16,17)/t10-/m0/s1.